The minimum atomic E-state index is -3.80. The van der Waals surface area contributed by atoms with Crippen LogP contribution < -0.4 is 9.80 Å². The van der Waals surface area contributed by atoms with E-state index in [9.17, 15) is 8.42 Å². The topological polar surface area (TPSA) is 43.9 Å². The van der Waals surface area contributed by atoms with Gasteiger partial charge in [0.25, 0.3) is 0 Å². The summed E-state index contributed by atoms with van der Waals surface area (Å²) >= 11 is 0. The Labute approximate surface area is 301 Å². The van der Waals surface area contributed by atoms with Crippen LogP contribution in [-0.2, 0) is 10.0 Å². The van der Waals surface area contributed by atoms with Crippen molar-refractivity contribution in [1.82, 2.24) is 4.31 Å². The highest BCUT2D eigenvalue weighted by Gasteiger charge is 2.29. The van der Waals surface area contributed by atoms with Crippen LogP contribution in [0.15, 0.2) is 132 Å². The summed E-state index contributed by atoms with van der Waals surface area (Å²) < 4.78 is 31.3. The zero-order valence-electron chi connectivity index (χ0n) is 30.6. The average Bonchev–Trinajstić information content (AvgIpc) is 3.13. The van der Waals surface area contributed by atoms with Crippen molar-refractivity contribution in [3.05, 3.63) is 161 Å². The second-order valence-corrected chi connectivity index (χ2v) is 15.5. The maximum absolute atomic E-state index is 14.8. The number of nitrogens with zero attached hydrogens (tertiary/aromatic N) is 3. The van der Waals surface area contributed by atoms with Gasteiger partial charge in [0.05, 0.1) is 4.90 Å². The van der Waals surface area contributed by atoms with E-state index in [0.29, 0.717) is 18.0 Å². The van der Waals surface area contributed by atoms with Gasteiger partial charge in [-0.25, -0.2) is 8.42 Å². The first-order chi connectivity index (χ1) is 24.1. The van der Waals surface area contributed by atoms with Gasteiger partial charge >= 0.3 is 0 Å². The summed E-state index contributed by atoms with van der Waals surface area (Å²) in [6.07, 6.45) is 3.51. The Morgan fingerprint density at radius 3 is 1.18 bits per heavy atom. The Balaban J connectivity index is 1.79. The molecule has 0 aliphatic rings. The summed E-state index contributed by atoms with van der Waals surface area (Å²) in [5.74, 6) is -0.345. The Bertz CT molecular complexity index is 1770. The molecule has 262 valence electrons. The predicted molar refractivity (Wildman–Crippen MR) is 211 cm³/mol. The molecule has 0 fully saturated rings. The lowest BCUT2D eigenvalue weighted by Gasteiger charge is -2.27. The van der Waals surface area contributed by atoms with Crippen LogP contribution in [-0.4, -0.2) is 54.0 Å². The standard InChI is InChI=1S/C44H53N3O2S/c1-7-9-29-47(30-10-8-2)50(48,49)42-32-38(43(34-17-13-11-14-18-34)36-21-25-40(26-22-36)45(3)4)31-39(33-42)44(35-19-15-12-16-20-35)37-23-27-41(28-24-37)46(5)6/h11-28,31-33,43-44H,7-10,29-30H2,1-6H3. The highest BCUT2D eigenvalue weighted by molar-refractivity contribution is 7.89. The molecule has 2 unspecified atom stereocenters. The molecule has 0 spiro atoms. The first kappa shape index (κ1) is 36.9. The lowest BCUT2D eigenvalue weighted by Crippen LogP contribution is -2.33. The van der Waals surface area contributed by atoms with Crippen molar-refractivity contribution < 1.29 is 8.42 Å². The summed E-state index contributed by atoms with van der Waals surface area (Å²) in [5, 5.41) is 0. The summed E-state index contributed by atoms with van der Waals surface area (Å²) in [6, 6.07) is 44.3. The average molecular weight is 688 g/mol. The molecule has 5 rings (SSSR count). The number of rotatable bonds is 16. The molecule has 0 amide bonds. The molecule has 0 radical (unpaired) electrons. The largest absolute Gasteiger partial charge is 0.378 e. The van der Waals surface area contributed by atoms with Gasteiger partial charge in [-0.05, 0) is 82.6 Å². The lowest BCUT2D eigenvalue weighted by atomic mass is 9.80. The zero-order chi connectivity index (χ0) is 35.7. The van der Waals surface area contributed by atoms with Crippen molar-refractivity contribution >= 4 is 21.4 Å². The molecule has 0 aliphatic carbocycles. The molecular weight excluding hydrogens is 635 g/mol. The third-order valence-electron chi connectivity index (χ3n) is 9.53. The van der Waals surface area contributed by atoms with Crippen molar-refractivity contribution in [3.63, 3.8) is 0 Å². The van der Waals surface area contributed by atoms with Crippen LogP contribution >= 0.6 is 0 Å². The van der Waals surface area contributed by atoms with Crippen LogP contribution in [0.2, 0.25) is 0 Å². The molecule has 0 bridgehead atoms. The summed E-state index contributed by atoms with van der Waals surface area (Å²) in [5.41, 5.74) is 8.61. The molecule has 5 aromatic rings. The van der Waals surface area contributed by atoms with E-state index in [1.807, 2.05) is 52.5 Å². The molecule has 0 aromatic heterocycles. The number of benzene rings is 5. The maximum Gasteiger partial charge on any atom is 0.243 e. The van der Waals surface area contributed by atoms with E-state index >= 15 is 0 Å². The van der Waals surface area contributed by atoms with Crippen LogP contribution in [0.25, 0.3) is 0 Å². The number of hydrogen-bond acceptors (Lipinski definition) is 4. The molecule has 0 N–H and O–H groups in total. The molecule has 0 aliphatic heterocycles. The van der Waals surface area contributed by atoms with Gasteiger partial charge in [0.2, 0.25) is 10.0 Å². The van der Waals surface area contributed by atoms with E-state index in [0.717, 1.165) is 70.4 Å². The van der Waals surface area contributed by atoms with Crippen LogP contribution in [0, 0.1) is 0 Å². The van der Waals surface area contributed by atoms with Crippen LogP contribution in [0.5, 0.6) is 0 Å². The van der Waals surface area contributed by atoms with Gasteiger partial charge in [0.15, 0.2) is 0 Å². The fraction of sp³-hybridized carbons (Fsp3) is 0.318. The molecule has 5 aromatic carbocycles. The number of unbranched alkanes of at least 4 members (excludes halogenated alkanes) is 2. The summed E-state index contributed by atoms with van der Waals surface area (Å²) in [4.78, 5) is 4.55. The van der Waals surface area contributed by atoms with Crippen molar-refractivity contribution in [3.8, 4) is 0 Å². The molecule has 0 saturated heterocycles. The van der Waals surface area contributed by atoms with Gasteiger partial charge in [-0.15, -0.1) is 0 Å². The van der Waals surface area contributed by atoms with Crippen molar-refractivity contribution in [2.24, 2.45) is 0 Å². The minimum absolute atomic E-state index is 0.173. The first-order valence-corrected chi connectivity index (χ1v) is 19.4. The Morgan fingerprint density at radius 1 is 0.480 bits per heavy atom. The molecule has 2 atom stereocenters. The Hall–Kier alpha value is -4.39. The van der Waals surface area contributed by atoms with Gasteiger partial charge in [0.1, 0.15) is 0 Å². The van der Waals surface area contributed by atoms with Gasteiger partial charge in [0, 0.05) is 64.5 Å². The van der Waals surface area contributed by atoms with Crippen LogP contribution in [0.3, 0.4) is 0 Å². The third kappa shape index (κ3) is 8.66. The number of hydrogen-bond donors (Lipinski definition) is 0. The highest BCUT2D eigenvalue weighted by Crippen LogP contribution is 2.40. The Morgan fingerprint density at radius 2 is 0.840 bits per heavy atom. The van der Waals surface area contributed by atoms with Gasteiger partial charge in [-0.3, -0.25) is 0 Å². The highest BCUT2D eigenvalue weighted by atomic mass is 32.2. The van der Waals surface area contributed by atoms with Crippen LogP contribution in [0.1, 0.15) is 84.7 Å². The quantitative estimate of drug-likeness (QED) is 0.0970. The fourth-order valence-corrected chi connectivity index (χ4v) is 8.28. The molecule has 0 saturated carbocycles. The lowest BCUT2D eigenvalue weighted by molar-refractivity contribution is 0.395. The SMILES string of the molecule is CCCCN(CCCC)S(=O)(=O)c1cc(C(c2ccccc2)c2ccc(N(C)C)cc2)cc(C(c2ccccc2)c2ccc(N(C)C)cc2)c1. The summed E-state index contributed by atoms with van der Waals surface area (Å²) in [6.45, 7) is 5.25. The van der Waals surface area contributed by atoms with Gasteiger partial charge in [-0.1, -0.05) is 118 Å². The molecule has 50 heavy (non-hydrogen) atoms. The second-order valence-electron chi connectivity index (χ2n) is 13.6. The fourth-order valence-electron chi connectivity index (χ4n) is 6.67. The van der Waals surface area contributed by atoms with Crippen molar-refractivity contribution in [2.75, 3.05) is 51.1 Å². The minimum Gasteiger partial charge on any atom is -0.378 e. The van der Waals surface area contributed by atoms with E-state index in [1.54, 1.807) is 4.31 Å². The monoisotopic (exact) mass is 687 g/mol. The van der Waals surface area contributed by atoms with E-state index in [4.69, 9.17) is 0 Å². The van der Waals surface area contributed by atoms with Crippen LogP contribution in [0.4, 0.5) is 11.4 Å². The van der Waals surface area contributed by atoms with Crippen molar-refractivity contribution in [2.45, 2.75) is 56.3 Å². The number of sulfonamides is 1. The zero-order valence-corrected chi connectivity index (χ0v) is 31.4. The first-order valence-electron chi connectivity index (χ1n) is 17.9. The third-order valence-corrected chi connectivity index (χ3v) is 11.4. The second kappa shape index (κ2) is 17.0. The molecule has 5 nitrogen and oxygen atoms in total. The molecular formula is C44H53N3O2S. The van der Waals surface area contributed by atoms with E-state index in [-0.39, 0.29) is 11.8 Å². The molecule has 0 heterocycles. The smallest absolute Gasteiger partial charge is 0.243 e. The Kier molecular flexibility index (Phi) is 12.6. The molecule has 6 heteroatoms. The van der Waals surface area contributed by atoms with E-state index in [1.165, 1.54) is 0 Å². The van der Waals surface area contributed by atoms with Crippen molar-refractivity contribution in [1.29, 1.82) is 0 Å². The predicted octanol–water partition coefficient (Wildman–Crippen LogP) is 9.77. The maximum atomic E-state index is 14.8. The van der Waals surface area contributed by atoms with Gasteiger partial charge < -0.3 is 9.80 Å². The summed E-state index contributed by atoms with van der Waals surface area (Å²) in [7, 11) is 4.37. The number of anilines is 2. The van der Waals surface area contributed by atoms with E-state index < -0.39 is 10.0 Å². The normalized spacial score (nSPS) is 12.9. The van der Waals surface area contributed by atoms with E-state index in [2.05, 4.69) is 127 Å². The van der Waals surface area contributed by atoms with Gasteiger partial charge in [-0.2, -0.15) is 4.31 Å².